The Morgan fingerprint density at radius 3 is 2.34 bits per heavy atom. The van der Waals surface area contributed by atoms with Gasteiger partial charge in [-0.3, -0.25) is 14.4 Å². The lowest BCUT2D eigenvalue weighted by molar-refractivity contribution is -0.187. The minimum absolute atomic E-state index is 0.00669. The maximum absolute atomic E-state index is 13.5. The average molecular weight is 540 g/mol. The molecule has 2 N–H and O–H groups in total. The number of hydrogen-bond acceptors (Lipinski definition) is 6. The van der Waals surface area contributed by atoms with Gasteiger partial charge in [0.1, 0.15) is 12.2 Å². The second-order valence-corrected chi connectivity index (χ2v) is 10.5. The first-order valence-electron chi connectivity index (χ1n) is 12.6. The van der Waals surface area contributed by atoms with Crippen molar-refractivity contribution in [3.05, 3.63) is 71.8 Å². The molecule has 2 atom stereocenters. The van der Waals surface area contributed by atoms with Crippen LogP contribution < -0.4 is 5.32 Å². The van der Waals surface area contributed by atoms with E-state index in [-0.39, 0.29) is 43.8 Å². The van der Waals surface area contributed by atoms with Gasteiger partial charge in [-0.2, -0.15) is 11.8 Å². The van der Waals surface area contributed by atoms with Crippen molar-refractivity contribution in [1.29, 1.82) is 0 Å². The van der Waals surface area contributed by atoms with Crippen LogP contribution in [0, 0.1) is 0 Å². The maximum atomic E-state index is 13.5. The minimum Gasteiger partial charge on any atom is -0.481 e. The summed E-state index contributed by atoms with van der Waals surface area (Å²) in [5.41, 5.74) is 2.12. The molecule has 0 radical (unpaired) electrons. The molecule has 2 aliphatic rings. The number of thioether (sulfide) groups is 1. The first-order chi connectivity index (χ1) is 18.3. The molecular formula is C27H33N5O5S. The summed E-state index contributed by atoms with van der Waals surface area (Å²) in [6, 6.07) is 18.2. The molecule has 2 fully saturated rings. The number of benzene rings is 2. The van der Waals surface area contributed by atoms with Crippen molar-refractivity contribution in [2.75, 3.05) is 32.4 Å². The summed E-state index contributed by atoms with van der Waals surface area (Å²) >= 11 is 1.69. The Labute approximate surface area is 226 Å². The molecule has 2 heterocycles. The van der Waals surface area contributed by atoms with Crippen molar-refractivity contribution in [1.82, 2.24) is 25.1 Å². The van der Waals surface area contributed by atoms with Crippen LogP contribution in [0.5, 0.6) is 0 Å². The molecule has 0 spiro atoms. The van der Waals surface area contributed by atoms with Crippen LogP contribution in [0.25, 0.3) is 0 Å². The van der Waals surface area contributed by atoms with Crippen molar-refractivity contribution < 1.29 is 24.3 Å². The summed E-state index contributed by atoms with van der Waals surface area (Å²) in [6.07, 6.45) is -0.986. The highest BCUT2D eigenvalue weighted by atomic mass is 32.2. The number of carbonyl (C=O) groups excluding carboxylic acids is 3. The van der Waals surface area contributed by atoms with Crippen molar-refractivity contribution in [3.8, 4) is 0 Å². The van der Waals surface area contributed by atoms with E-state index in [4.69, 9.17) is 0 Å². The third kappa shape index (κ3) is 6.65. The third-order valence-electron chi connectivity index (χ3n) is 6.68. The van der Waals surface area contributed by atoms with Crippen molar-refractivity contribution in [3.63, 3.8) is 0 Å². The lowest BCUT2D eigenvalue weighted by Gasteiger charge is -2.54. The number of carboxylic acids is 1. The van der Waals surface area contributed by atoms with Crippen molar-refractivity contribution >= 4 is 35.6 Å². The Kier molecular flexibility index (Phi) is 9.24. The van der Waals surface area contributed by atoms with Gasteiger partial charge in [0.05, 0.1) is 13.1 Å². The number of likely N-dealkylation sites (N-methyl/N-ethyl adjacent to an activating group) is 1. The zero-order chi connectivity index (χ0) is 27.1. The molecule has 2 aromatic rings. The number of nitrogens with zero attached hydrogens (tertiary/aromatic N) is 4. The average Bonchev–Trinajstić information content (AvgIpc) is 2.91. The molecule has 11 heteroatoms. The van der Waals surface area contributed by atoms with E-state index in [2.05, 4.69) is 5.32 Å². The van der Waals surface area contributed by atoms with E-state index in [1.54, 1.807) is 28.7 Å². The molecule has 0 aromatic heterocycles. The normalized spacial score (nSPS) is 19.9. The van der Waals surface area contributed by atoms with Gasteiger partial charge >= 0.3 is 12.0 Å². The molecule has 38 heavy (non-hydrogen) atoms. The van der Waals surface area contributed by atoms with Gasteiger partial charge < -0.3 is 20.2 Å². The number of rotatable bonds is 10. The first kappa shape index (κ1) is 27.5. The van der Waals surface area contributed by atoms with Gasteiger partial charge in [0.15, 0.2) is 0 Å². The van der Waals surface area contributed by atoms with E-state index in [0.717, 1.165) is 11.3 Å². The Balaban J connectivity index is 1.49. The number of carboxylic acid groups (broad SMARTS) is 1. The molecule has 0 aliphatic carbocycles. The van der Waals surface area contributed by atoms with Gasteiger partial charge in [0.25, 0.3) is 0 Å². The van der Waals surface area contributed by atoms with Gasteiger partial charge in [0, 0.05) is 38.1 Å². The number of aliphatic carboxylic acids is 1. The molecule has 10 nitrogen and oxygen atoms in total. The summed E-state index contributed by atoms with van der Waals surface area (Å²) in [5, 5.41) is 15.2. The highest BCUT2D eigenvalue weighted by Gasteiger charge is 2.50. The van der Waals surface area contributed by atoms with E-state index in [9.17, 15) is 24.3 Å². The summed E-state index contributed by atoms with van der Waals surface area (Å²) in [5.74, 6) is -0.139. The van der Waals surface area contributed by atoms with Crippen LogP contribution >= 0.6 is 11.8 Å². The van der Waals surface area contributed by atoms with Crippen molar-refractivity contribution in [2.45, 2.75) is 37.3 Å². The number of nitrogens with one attached hydrogen (secondary N) is 1. The van der Waals surface area contributed by atoms with Gasteiger partial charge in [0.2, 0.25) is 11.8 Å². The van der Waals surface area contributed by atoms with Crippen LogP contribution in [0.2, 0.25) is 0 Å². The lowest BCUT2D eigenvalue weighted by Crippen LogP contribution is -2.76. The number of urea groups is 1. The third-order valence-corrected chi connectivity index (χ3v) is 7.69. The smallest absolute Gasteiger partial charge is 0.334 e. The van der Waals surface area contributed by atoms with E-state index in [1.165, 1.54) is 15.5 Å². The van der Waals surface area contributed by atoms with E-state index < -0.39 is 18.2 Å². The summed E-state index contributed by atoms with van der Waals surface area (Å²) in [6.45, 7) is 0.815. The number of piperazine rings is 1. The second kappa shape index (κ2) is 12.8. The minimum atomic E-state index is -1.04. The zero-order valence-electron chi connectivity index (χ0n) is 21.4. The Bertz CT molecular complexity index is 1140. The largest absolute Gasteiger partial charge is 0.481 e. The number of fused-ring (bicyclic) bond motifs is 1. The standard InChI is InChI=1S/C27H33N5O5S/c1-29-18-24(33)31-22(12-13-25(34)35)26(36)30(14-15-38-19-21-10-6-3-7-11-21)17-23(31)32(29)27(37)28-16-20-8-4-2-5-9-20/h2-11,22-23H,12-19H2,1H3,(H,28,37)(H,34,35)/t22-,23-/m0/s1. The molecule has 2 aliphatic heterocycles. The molecule has 2 saturated heterocycles. The number of amides is 4. The van der Waals surface area contributed by atoms with Gasteiger partial charge in [-0.05, 0) is 17.5 Å². The Morgan fingerprint density at radius 2 is 1.68 bits per heavy atom. The fourth-order valence-corrected chi connectivity index (χ4v) is 5.76. The predicted molar refractivity (Wildman–Crippen MR) is 144 cm³/mol. The quantitative estimate of drug-likeness (QED) is 0.445. The van der Waals surface area contributed by atoms with Crippen molar-refractivity contribution in [2.24, 2.45) is 0 Å². The first-order valence-corrected chi connectivity index (χ1v) is 13.8. The molecule has 202 valence electrons. The molecular weight excluding hydrogens is 506 g/mol. The molecule has 4 rings (SSSR count). The van der Waals surface area contributed by atoms with E-state index in [0.29, 0.717) is 18.8 Å². The summed E-state index contributed by atoms with van der Waals surface area (Å²) in [4.78, 5) is 54.4. The highest BCUT2D eigenvalue weighted by Crippen LogP contribution is 2.28. The van der Waals surface area contributed by atoms with Crippen LogP contribution in [0.3, 0.4) is 0 Å². The fraction of sp³-hybridized carbons (Fsp3) is 0.407. The SMILES string of the molecule is CN1CC(=O)N2[C@@H](CCC(=O)O)C(=O)N(CCSCc3ccccc3)C[C@@H]2N1C(=O)NCc1ccccc1. The number of hydrogen-bond donors (Lipinski definition) is 2. The summed E-state index contributed by atoms with van der Waals surface area (Å²) in [7, 11) is 1.67. The molecule has 0 bridgehead atoms. The topological polar surface area (TPSA) is 114 Å². The number of hydrazine groups is 1. The molecule has 4 amide bonds. The van der Waals surface area contributed by atoms with E-state index >= 15 is 0 Å². The number of carbonyl (C=O) groups is 4. The molecule has 2 aromatic carbocycles. The maximum Gasteiger partial charge on any atom is 0.334 e. The van der Waals surface area contributed by atoms with Crippen LogP contribution in [0.1, 0.15) is 24.0 Å². The van der Waals surface area contributed by atoms with Gasteiger partial charge in [-0.1, -0.05) is 60.7 Å². The fourth-order valence-electron chi connectivity index (χ4n) is 4.84. The van der Waals surface area contributed by atoms with Gasteiger partial charge in [-0.25, -0.2) is 14.8 Å². The summed E-state index contributed by atoms with van der Waals surface area (Å²) < 4.78 is 0. The van der Waals surface area contributed by atoms with E-state index in [1.807, 2.05) is 60.7 Å². The van der Waals surface area contributed by atoms with Gasteiger partial charge in [-0.15, -0.1) is 0 Å². The van der Waals surface area contributed by atoms with Crippen LogP contribution in [-0.4, -0.2) is 93.4 Å². The Morgan fingerprint density at radius 1 is 1.03 bits per heavy atom. The molecule has 0 saturated carbocycles. The molecule has 0 unspecified atom stereocenters. The second-order valence-electron chi connectivity index (χ2n) is 9.36. The van der Waals surface area contributed by atoms with Crippen LogP contribution in [0.15, 0.2) is 60.7 Å². The zero-order valence-corrected chi connectivity index (χ0v) is 22.2. The predicted octanol–water partition coefficient (Wildman–Crippen LogP) is 2.22. The van der Waals surface area contributed by atoms with Crippen LogP contribution in [0.4, 0.5) is 4.79 Å². The monoisotopic (exact) mass is 539 g/mol. The highest BCUT2D eigenvalue weighted by molar-refractivity contribution is 7.98. The van der Waals surface area contributed by atoms with Crippen LogP contribution in [-0.2, 0) is 26.7 Å². The Hall–Kier alpha value is -3.57. The lowest BCUT2D eigenvalue weighted by atomic mass is 10.0.